The van der Waals surface area contributed by atoms with Gasteiger partial charge in [0, 0.05) is 29.6 Å². The van der Waals surface area contributed by atoms with Crippen molar-refractivity contribution in [3.05, 3.63) is 23.3 Å². The van der Waals surface area contributed by atoms with Crippen LogP contribution in [-0.2, 0) is 0 Å². The first-order valence-electron chi connectivity index (χ1n) is 6.26. The van der Waals surface area contributed by atoms with E-state index in [2.05, 4.69) is 10.3 Å². The zero-order chi connectivity index (χ0) is 13.2. The first-order chi connectivity index (χ1) is 9.25. The maximum absolute atomic E-state index is 12.3. The molecule has 0 aliphatic carbocycles. The monoisotopic (exact) mass is 293 g/mol. The Morgan fingerprint density at radius 3 is 3.16 bits per heavy atom. The number of nitrogens with one attached hydrogen (secondary N) is 1. The Morgan fingerprint density at radius 1 is 1.53 bits per heavy atom. The van der Waals surface area contributed by atoms with Crippen LogP contribution in [0.1, 0.15) is 22.5 Å². The summed E-state index contributed by atoms with van der Waals surface area (Å²) in [5.74, 6) is 2.15. The summed E-state index contributed by atoms with van der Waals surface area (Å²) in [6.07, 6.45) is 5.68. The van der Waals surface area contributed by atoms with Gasteiger partial charge in [-0.3, -0.25) is 9.78 Å². The van der Waals surface area contributed by atoms with Crippen molar-refractivity contribution in [2.24, 2.45) is 0 Å². The van der Waals surface area contributed by atoms with Gasteiger partial charge in [0.1, 0.15) is 4.88 Å². The zero-order valence-corrected chi connectivity index (χ0v) is 12.0. The van der Waals surface area contributed by atoms with Gasteiger partial charge < -0.3 is 11.1 Å². The standard InChI is InChI=1S/C13H15N3OS2/c14-11-9-3-4-15-6-10(9)19-12(11)13(17)16-8-2-1-5-18-7-8/h3-4,6,8H,1-2,5,7,14H2,(H,16,17). The number of thiophene rings is 1. The van der Waals surface area contributed by atoms with Crippen molar-refractivity contribution in [2.45, 2.75) is 18.9 Å². The molecule has 1 saturated heterocycles. The molecule has 19 heavy (non-hydrogen) atoms. The number of nitrogens with zero attached hydrogens (tertiary/aromatic N) is 1. The number of hydrogen-bond donors (Lipinski definition) is 2. The minimum absolute atomic E-state index is 0.0498. The maximum Gasteiger partial charge on any atom is 0.263 e. The van der Waals surface area contributed by atoms with E-state index in [0.717, 1.165) is 22.3 Å². The number of thioether (sulfide) groups is 1. The fraction of sp³-hybridized carbons (Fsp3) is 0.385. The number of aromatic nitrogens is 1. The molecule has 0 saturated carbocycles. The van der Waals surface area contributed by atoms with Crippen LogP contribution >= 0.6 is 23.1 Å². The normalized spacial score (nSPS) is 19.5. The summed E-state index contributed by atoms with van der Waals surface area (Å²) in [4.78, 5) is 17.0. The summed E-state index contributed by atoms with van der Waals surface area (Å²) in [5.41, 5.74) is 6.63. The summed E-state index contributed by atoms with van der Waals surface area (Å²) in [5, 5.41) is 4.01. The van der Waals surface area contributed by atoms with Crippen LogP contribution in [0.15, 0.2) is 18.5 Å². The molecule has 3 heterocycles. The number of anilines is 1. The van der Waals surface area contributed by atoms with Gasteiger partial charge in [-0.15, -0.1) is 11.3 Å². The predicted octanol–water partition coefficient (Wildman–Crippen LogP) is 2.50. The first kappa shape index (κ1) is 12.7. The van der Waals surface area contributed by atoms with Crippen molar-refractivity contribution >= 4 is 44.8 Å². The highest BCUT2D eigenvalue weighted by atomic mass is 32.2. The molecule has 1 aliphatic heterocycles. The maximum atomic E-state index is 12.3. The third-order valence-corrected chi connectivity index (χ3v) is 5.60. The quantitative estimate of drug-likeness (QED) is 0.892. The Kier molecular flexibility index (Phi) is 3.61. The van der Waals surface area contributed by atoms with E-state index in [1.54, 1.807) is 12.4 Å². The molecule has 100 valence electrons. The second kappa shape index (κ2) is 5.38. The van der Waals surface area contributed by atoms with Crippen molar-refractivity contribution in [1.82, 2.24) is 10.3 Å². The number of nitrogens with two attached hydrogens (primary N) is 1. The fourth-order valence-electron chi connectivity index (χ4n) is 2.25. The molecule has 2 aromatic rings. The van der Waals surface area contributed by atoms with E-state index in [1.807, 2.05) is 17.8 Å². The number of carbonyl (C=O) groups excluding carboxylic acids is 1. The van der Waals surface area contributed by atoms with Crippen molar-refractivity contribution in [3.8, 4) is 0 Å². The Morgan fingerprint density at radius 2 is 2.42 bits per heavy atom. The Labute approximate surface area is 119 Å². The van der Waals surface area contributed by atoms with E-state index in [4.69, 9.17) is 5.73 Å². The van der Waals surface area contributed by atoms with E-state index in [0.29, 0.717) is 10.6 Å². The lowest BCUT2D eigenvalue weighted by Gasteiger charge is -2.22. The molecule has 1 unspecified atom stereocenters. The van der Waals surface area contributed by atoms with Gasteiger partial charge in [-0.05, 0) is 24.7 Å². The van der Waals surface area contributed by atoms with Crippen molar-refractivity contribution in [3.63, 3.8) is 0 Å². The molecule has 1 aliphatic rings. The molecule has 0 radical (unpaired) electrons. The molecule has 3 rings (SSSR count). The van der Waals surface area contributed by atoms with Gasteiger partial charge in [-0.25, -0.2) is 0 Å². The third kappa shape index (κ3) is 2.55. The molecule has 3 N–H and O–H groups in total. The van der Waals surface area contributed by atoms with E-state index in [1.165, 1.54) is 23.5 Å². The number of pyridine rings is 1. The van der Waals surface area contributed by atoms with Gasteiger partial charge in [-0.2, -0.15) is 11.8 Å². The van der Waals surface area contributed by atoms with Gasteiger partial charge in [-0.1, -0.05) is 0 Å². The second-order valence-corrected chi connectivity index (χ2v) is 6.81. The van der Waals surface area contributed by atoms with Gasteiger partial charge in [0.15, 0.2) is 0 Å². The van der Waals surface area contributed by atoms with Crippen LogP contribution in [-0.4, -0.2) is 28.4 Å². The summed E-state index contributed by atoms with van der Waals surface area (Å²) < 4.78 is 0.961. The first-order valence-corrected chi connectivity index (χ1v) is 8.23. The number of amides is 1. The third-order valence-electron chi connectivity index (χ3n) is 3.23. The Bertz CT molecular complexity index is 605. The number of carbonyl (C=O) groups is 1. The molecule has 0 spiro atoms. The molecular weight excluding hydrogens is 278 g/mol. The van der Waals surface area contributed by atoms with Gasteiger partial charge in [0.05, 0.1) is 10.4 Å². The van der Waals surface area contributed by atoms with Crippen LogP contribution in [0.5, 0.6) is 0 Å². The van der Waals surface area contributed by atoms with Crippen LogP contribution in [0.25, 0.3) is 10.1 Å². The van der Waals surface area contributed by atoms with Gasteiger partial charge in [0.25, 0.3) is 5.91 Å². The number of fused-ring (bicyclic) bond motifs is 1. The van der Waals surface area contributed by atoms with Crippen LogP contribution in [0, 0.1) is 0 Å². The van der Waals surface area contributed by atoms with Crippen LogP contribution in [0.3, 0.4) is 0 Å². The average Bonchev–Trinajstić information content (AvgIpc) is 2.78. The minimum Gasteiger partial charge on any atom is -0.397 e. The van der Waals surface area contributed by atoms with E-state index in [9.17, 15) is 4.79 Å². The Balaban J connectivity index is 1.83. The van der Waals surface area contributed by atoms with E-state index in [-0.39, 0.29) is 11.9 Å². The second-order valence-electron chi connectivity index (χ2n) is 4.60. The lowest BCUT2D eigenvalue weighted by Crippen LogP contribution is -2.38. The zero-order valence-electron chi connectivity index (χ0n) is 10.4. The summed E-state index contributed by atoms with van der Waals surface area (Å²) in [6, 6.07) is 2.13. The lowest BCUT2D eigenvalue weighted by atomic mass is 10.2. The molecule has 0 bridgehead atoms. The molecule has 1 atom stereocenters. The molecule has 2 aromatic heterocycles. The average molecular weight is 293 g/mol. The highest BCUT2D eigenvalue weighted by Gasteiger charge is 2.21. The molecule has 6 heteroatoms. The molecular formula is C13H15N3OS2. The van der Waals surface area contributed by atoms with Gasteiger partial charge >= 0.3 is 0 Å². The topological polar surface area (TPSA) is 68.0 Å². The fourth-order valence-corrected chi connectivity index (χ4v) is 4.31. The van der Waals surface area contributed by atoms with Crippen molar-refractivity contribution in [1.29, 1.82) is 0 Å². The molecule has 4 nitrogen and oxygen atoms in total. The number of rotatable bonds is 2. The van der Waals surface area contributed by atoms with Gasteiger partial charge in [0.2, 0.25) is 0 Å². The van der Waals surface area contributed by atoms with Crippen molar-refractivity contribution < 1.29 is 4.79 Å². The molecule has 1 amide bonds. The highest BCUT2D eigenvalue weighted by Crippen LogP contribution is 2.33. The van der Waals surface area contributed by atoms with Crippen LogP contribution in [0.2, 0.25) is 0 Å². The highest BCUT2D eigenvalue weighted by molar-refractivity contribution is 7.99. The van der Waals surface area contributed by atoms with Crippen LogP contribution < -0.4 is 11.1 Å². The predicted molar refractivity (Wildman–Crippen MR) is 81.8 cm³/mol. The number of nitrogen functional groups attached to an aromatic ring is 1. The molecule has 1 fully saturated rings. The van der Waals surface area contributed by atoms with Crippen LogP contribution in [0.4, 0.5) is 5.69 Å². The van der Waals surface area contributed by atoms with E-state index < -0.39 is 0 Å². The SMILES string of the molecule is Nc1c(C(=O)NC2CCCSC2)sc2cnccc12. The summed E-state index contributed by atoms with van der Waals surface area (Å²) in [6.45, 7) is 0. The smallest absolute Gasteiger partial charge is 0.263 e. The van der Waals surface area contributed by atoms with E-state index >= 15 is 0 Å². The van der Waals surface area contributed by atoms with Crippen molar-refractivity contribution in [2.75, 3.05) is 17.2 Å². The number of hydrogen-bond acceptors (Lipinski definition) is 5. The Hall–Kier alpha value is -1.27. The molecule has 0 aromatic carbocycles. The lowest BCUT2D eigenvalue weighted by molar-refractivity contribution is 0.0943. The summed E-state index contributed by atoms with van der Waals surface area (Å²) >= 11 is 3.31. The summed E-state index contributed by atoms with van der Waals surface area (Å²) in [7, 11) is 0. The minimum atomic E-state index is -0.0498. The largest absolute Gasteiger partial charge is 0.397 e.